The van der Waals surface area contributed by atoms with Gasteiger partial charge in [-0.25, -0.2) is 4.39 Å². The number of benzene rings is 2. The summed E-state index contributed by atoms with van der Waals surface area (Å²) in [6.45, 7) is 0. The molecule has 2 rings (SSSR count). The van der Waals surface area contributed by atoms with Crippen molar-refractivity contribution in [2.24, 2.45) is 0 Å². The van der Waals surface area contributed by atoms with Gasteiger partial charge >= 0.3 is 0 Å². The molecule has 0 fully saturated rings. The molecule has 104 valence electrons. The minimum Gasteiger partial charge on any atom is -0.322 e. The largest absolute Gasteiger partial charge is 0.322 e. The molecule has 0 saturated heterocycles. The first-order valence-electron chi connectivity index (χ1n) is 5.76. The Morgan fingerprint density at radius 2 is 1.90 bits per heavy atom. The van der Waals surface area contributed by atoms with Gasteiger partial charge in [0.25, 0.3) is 11.6 Å². The minimum absolute atomic E-state index is 0.125. The van der Waals surface area contributed by atoms with Gasteiger partial charge in [-0.1, -0.05) is 0 Å². The smallest absolute Gasteiger partial charge is 0.269 e. The van der Waals surface area contributed by atoms with Crippen molar-refractivity contribution in [1.29, 1.82) is 5.26 Å². The molecule has 0 unspecified atom stereocenters. The number of nitro groups is 1. The van der Waals surface area contributed by atoms with Crippen molar-refractivity contribution >= 4 is 17.3 Å². The van der Waals surface area contributed by atoms with Gasteiger partial charge in [-0.15, -0.1) is 0 Å². The van der Waals surface area contributed by atoms with E-state index >= 15 is 0 Å². The fraction of sp³-hybridized carbons (Fsp3) is 0. The monoisotopic (exact) mass is 285 g/mol. The zero-order valence-corrected chi connectivity index (χ0v) is 10.5. The molecule has 0 saturated carbocycles. The van der Waals surface area contributed by atoms with Crippen LogP contribution in [0.5, 0.6) is 0 Å². The molecule has 0 radical (unpaired) electrons. The Kier molecular flexibility index (Phi) is 3.90. The Labute approximate surface area is 118 Å². The number of anilines is 1. The summed E-state index contributed by atoms with van der Waals surface area (Å²) >= 11 is 0. The van der Waals surface area contributed by atoms with Gasteiger partial charge < -0.3 is 5.32 Å². The van der Waals surface area contributed by atoms with Crippen molar-refractivity contribution in [3.8, 4) is 6.07 Å². The van der Waals surface area contributed by atoms with E-state index in [1.807, 2.05) is 0 Å². The second kappa shape index (κ2) is 5.79. The molecule has 7 heteroatoms. The molecule has 0 aliphatic carbocycles. The third-order valence-electron chi connectivity index (χ3n) is 2.68. The van der Waals surface area contributed by atoms with Crippen LogP contribution in [0.25, 0.3) is 0 Å². The zero-order valence-electron chi connectivity index (χ0n) is 10.5. The molecule has 1 N–H and O–H groups in total. The standard InChI is InChI=1S/C14H8FN3O3/c15-13-6-3-11(7-10(13)8-16)17-14(19)9-1-4-12(5-2-9)18(20)21/h1-7H,(H,17,19). The van der Waals surface area contributed by atoms with Gasteiger partial charge in [-0.3, -0.25) is 14.9 Å². The molecule has 2 aromatic carbocycles. The van der Waals surface area contributed by atoms with Gasteiger partial charge in [0.05, 0.1) is 10.5 Å². The van der Waals surface area contributed by atoms with Crippen LogP contribution in [0.3, 0.4) is 0 Å². The first kappa shape index (κ1) is 14.1. The van der Waals surface area contributed by atoms with Crippen LogP contribution in [-0.4, -0.2) is 10.8 Å². The van der Waals surface area contributed by atoms with Crippen LogP contribution in [0.2, 0.25) is 0 Å². The summed E-state index contributed by atoms with van der Waals surface area (Å²) in [5, 5.41) is 21.7. The van der Waals surface area contributed by atoms with Crippen molar-refractivity contribution in [2.45, 2.75) is 0 Å². The molecular formula is C14H8FN3O3. The van der Waals surface area contributed by atoms with Crippen molar-refractivity contribution in [3.05, 3.63) is 69.5 Å². The lowest BCUT2D eigenvalue weighted by Crippen LogP contribution is -2.12. The summed E-state index contributed by atoms with van der Waals surface area (Å²) in [6.07, 6.45) is 0. The molecule has 0 aliphatic heterocycles. The maximum atomic E-state index is 13.2. The highest BCUT2D eigenvalue weighted by atomic mass is 19.1. The van der Waals surface area contributed by atoms with Gasteiger partial charge in [0, 0.05) is 23.4 Å². The number of hydrogen-bond acceptors (Lipinski definition) is 4. The van der Waals surface area contributed by atoms with Crippen LogP contribution in [0.4, 0.5) is 15.8 Å². The van der Waals surface area contributed by atoms with Crippen molar-refractivity contribution in [1.82, 2.24) is 0 Å². The quantitative estimate of drug-likeness (QED) is 0.692. The summed E-state index contributed by atoms with van der Waals surface area (Å²) in [5.74, 6) is -1.19. The van der Waals surface area contributed by atoms with E-state index in [4.69, 9.17) is 5.26 Å². The average Bonchev–Trinajstić information content (AvgIpc) is 2.49. The van der Waals surface area contributed by atoms with Gasteiger partial charge in [0.1, 0.15) is 11.9 Å². The summed E-state index contributed by atoms with van der Waals surface area (Å²) in [7, 11) is 0. The maximum Gasteiger partial charge on any atom is 0.269 e. The van der Waals surface area contributed by atoms with Crippen molar-refractivity contribution in [2.75, 3.05) is 5.32 Å². The number of nitriles is 1. The summed E-state index contributed by atoms with van der Waals surface area (Å²) in [4.78, 5) is 21.9. The number of hydrogen-bond donors (Lipinski definition) is 1. The second-order valence-electron chi connectivity index (χ2n) is 4.06. The molecule has 0 aliphatic rings. The van der Waals surface area contributed by atoms with Crippen LogP contribution in [0.1, 0.15) is 15.9 Å². The highest BCUT2D eigenvalue weighted by molar-refractivity contribution is 6.04. The lowest BCUT2D eigenvalue weighted by Gasteiger charge is -2.05. The third-order valence-corrected chi connectivity index (χ3v) is 2.68. The number of nitrogens with one attached hydrogen (secondary N) is 1. The van der Waals surface area contributed by atoms with Crippen LogP contribution in [0.15, 0.2) is 42.5 Å². The van der Waals surface area contributed by atoms with Gasteiger partial charge in [-0.05, 0) is 30.3 Å². The number of nitrogens with zero attached hydrogens (tertiary/aromatic N) is 2. The number of amides is 1. The first-order valence-corrected chi connectivity index (χ1v) is 5.76. The van der Waals surface area contributed by atoms with Crippen molar-refractivity contribution in [3.63, 3.8) is 0 Å². The van der Waals surface area contributed by atoms with Gasteiger partial charge in [0.15, 0.2) is 0 Å². The highest BCUT2D eigenvalue weighted by Gasteiger charge is 2.10. The fourth-order valence-electron chi connectivity index (χ4n) is 1.63. The molecule has 0 aromatic heterocycles. The third kappa shape index (κ3) is 3.19. The van der Waals surface area contributed by atoms with E-state index in [2.05, 4.69) is 5.32 Å². The molecule has 0 heterocycles. The van der Waals surface area contributed by atoms with E-state index in [1.54, 1.807) is 6.07 Å². The van der Waals surface area contributed by atoms with Gasteiger partial charge in [-0.2, -0.15) is 5.26 Å². The molecule has 1 amide bonds. The normalized spacial score (nSPS) is 9.71. The van der Waals surface area contributed by atoms with E-state index in [-0.39, 0.29) is 22.5 Å². The van der Waals surface area contributed by atoms with E-state index in [9.17, 15) is 19.3 Å². The van der Waals surface area contributed by atoms with E-state index in [1.165, 1.54) is 36.4 Å². The average molecular weight is 285 g/mol. The number of halogens is 1. The van der Waals surface area contributed by atoms with E-state index < -0.39 is 16.6 Å². The SMILES string of the molecule is N#Cc1cc(NC(=O)c2ccc([N+](=O)[O-])cc2)ccc1F. The Morgan fingerprint density at radius 3 is 2.48 bits per heavy atom. The predicted molar refractivity (Wildman–Crippen MR) is 72.2 cm³/mol. The Morgan fingerprint density at radius 1 is 1.24 bits per heavy atom. The topological polar surface area (TPSA) is 96.0 Å². The van der Waals surface area contributed by atoms with Gasteiger partial charge in [0.2, 0.25) is 0 Å². The number of carbonyl (C=O) groups excluding carboxylic acids is 1. The lowest BCUT2D eigenvalue weighted by atomic mass is 10.1. The summed E-state index contributed by atoms with van der Waals surface area (Å²) in [6, 6.07) is 10.3. The summed E-state index contributed by atoms with van der Waals surface area (Å²) in [5.41, 5.74) is 0.163. The number of nitro benzene ring substituents is 1. The molecule has 0 bridgehead atoms. The Hall–Kier alpha value is -3.27. The molecule has 21 heavy (non-hydrogen) atoms. The highest BCUT2D eigenvalue weighted by Crippen LogP contribution is 2.16. The number of rotatable bonds is 3. The number of carbonyl (C=O) groups is 1. The lowest BCUT2D eigenvalue weighted by molar-refractivity contribution is -0.384. The summed E-state index contributed by atoms with van der Waals surface area (Å²) < 4.78 is 13.2. The van der Waals surface area contributed by atoms with Crippen LogP contribution < -0.4 is 5.32 Å². The Bertz CT molecular complexity index is 751. The zero-order chi connectivity index (χ0) is 15.4. The fourth-order valence-corrected chi connectivity index (χ4v) is 1.63. The molecule has 2 aromatic rings. The molecular weight excluding hydrogens is 277 g/mol. The minimum atomic E-state index is -0.675. The first-order chi connectivity index (χ1) is 10.0. The van der Waals surface area contributed by atoms with Crippen molar-refractivity contribution < 1.29 is 14.1 Å². The molecule has 0 spiro atoms. The van der Waals surface area contributed by atoms with E-state index in [0.717, 1.165) is 6.07 Å². The van der Waals surface area contributed by atoms with Crippen LogP contribution in [0, 0.1) is 27.3 Å². The molecule has 0 atom stereocenters. The van der Waals surface area contributed by atoms with Crippen LogP contribution in [-0.2, 0) is 0 Å². The van der Waals surface area contributed by atoms with E-state index in [0.29, 0.717) is 0 Å². The number of non-ortho nitro benzene ring substituents is 1. The second-order valence-corrected chi connectivity index (χ2v) is 4.06. The Balaban J connectivity index is 2.18. The van der Waals surface area contributed by atoms with Crippen LogP contribution >= 0.6 is 0 Å². The maximum absolute atomic E-state index is 13.2. The molecule has 6 nitrogen and oxygen atoms in total. The predicted octanol–water partition coefficient (Wildman–Crippen LogP) is 2.86.